The fourth-order valence-electron chi connectivity index (χ4n) is 1.80. The summed E-state index contributed by atoms with van der Waals surface area (Å²) < 4.78 is 26.3. The number of nitrogens with zero attached hydrogens (tertiary/aromatic N) is 1. The molecule has 2 N–H and O–H groups in total. The zero-order valence-corrected chi connectivity index (χ0v) is 14.5. The van der Waals surface area contributed by atoms with Crippen LogP contribution < -0.4 is 5.32 Å². The van der Waals surface area contributed by atoms with Gasteiger partial charge in [0.15, 0.2) is 0 Å². The Morgan fingerprint density at radius 2 is 1.77 bits per heavy atom. The Morgan fingerprint density at radius 3 is 2.23 bits per heavy atom. The van der Waals surface area contributed by atoms with Gasteiger partial charge in [0.05, 0.1) is 10.6 Å². The molecule has 7 heteroatoms. The number of aromatic hydroxyl groups is 1. The van der Waals surface area contributed by atoms with Crippen molar-refractivity contribution in [2.75, 3.05) is 18.4 Å². The lowest BCUT2D eigenvalue weighted by Crippen LogP contribution is -2.31. The van der Waals surface area contributed by atoms with E-state index < -0.39 is 15.4 Å². The average molecular weight is 328 g/mol. The molecule has 1 rings (SSSR count). The second-order valence-electron chi connectivity index (χ2n) is 5.97. The number of rotatable bonds is 5. The molecule has 0 atom stereocenters. The van der Waals surface area contributed by atoms with Gasteiger partial charge in [-0.2, -0.15) is 4.31 Å². The van der Waals surface area contributed by atoms with E-state index in [0.717, 1.165) is 0 Å². The number of nitrogens with one attached hydrogen (secondary N) is 1. The number of amides is 1. The topological polar surface area (TPSA) is 86.7 Å². The molecule has 0 aliphatic carbocycles. The van der Waals surface area contributed by atoms with Gasteiger partial charge >= 0.3 is 0 Å². The zero-order chi connectivity index (χ0) is 17.1. The van der Waals surface area contributed by atoms with Gasteiger partial charge in [-0.25, -0.2) is 8.42 Å². The van der Waals surface area contributed by atoms with Crippen molar-refractivity contribution in [3.63, 3.8) is 0 Å². The van der Waals surface area contributed by atoms with Crippen LogP contribution in [0.3, 0.4) is 0 Å². The summed E-state index contributed by atoms with van der Waals surface area (Å²) >= 11 is 0. The Kier molecular flexibility index (Phi) is 5.59. The number of phenolic OH excluding ortho intramolecular Hbond substituents is 1. The molecule has 0 unspecified atom stereocenters. The molecule has 0 spiro atoms. The Hall–Kier alpha value is -1.60. The molecule has 0 aliphatic heterocycles. The molecular weight excluding hydrogens is 304 g/mol. The van der Waals surface area contributed by atoms with Gasteiger partial charge in [-0.1, -0.05) is 34.6 Å². The van der Waals surface area contributed by atoms with E-state index in [1.54, 1.807) is 34.6 Å². The highest BCUT2D eigenvalue weighted by Crippen LogP contribution is 2.29. The van der Waals surface area contributed by atoms with Gasteiger partial charge in [0.2, 0.25) is 15.9 Å². The summed E-state index contributed by atoms with van der Waals surface area (Å²) in [6.07, 6.45) is 0. The van der Waals surface area contributed by atoms with Crippen LogP contribution in [-0.4, -0.2) is 36.8 Å². The van der Waals surface area contributed by atoms with Crippen LogP contribution in [0.1, 0.15) is 34.6 Å². The van der Waals surface area contributed by atoms with E-state index in [1.807, 2.05) is 0 Å². The summed E-state index contributed by atoms with van der Waals surface area (Å²) in [5.74, 6) is -0.476. The minimum absolute atomic E-state index is 0.0400. The van der Waals surface area contributed by atoms with E-state index in [9.17, 15) is 18.3 Å². The summed E-state index contributed by atoms with van der Waals surface area (Å²) in [4.78, 5) is 12.1. The van der Waals surface area contributed by atoms with Crippen LogP contribution in [0.4, 0.5) is 5.69 Å². The number of carbonyl (C=O) groups is 1. The summed E-state index contributed by atoms with van der Waals surface area (Å²) in [6, 6.07) is 3.89. The van der Waals surface area contributed by atoms with Gasteiger partial charge in [0.1, 0.15) is 5.75 Å². The molecule has 0 heterocycles. The van der Waals surface area contributed by atoms with Crippen molar-refractivity contribution < 1.29 is 18.3 Å². The lowest BCUT2D eigenvalue weighted by atomic mass is 9.95. The summed E-state index contributed by atoms with van der Waals surface area (Å²) in [6.45, 7) is 9.40. The van der Waals surface area contributed by atoms with E-state index in [4.69, 9.17) is 0 Å². The van der Waals surface area contributed by atoms with Crippen LogP contribution in [0.25, 0.3) is 0 Å². The fourth-order valence-corrected chi connectivity index (χ4v) is 3.28. The van der Waals surface area contributed by atoms with Crippen LogP contribution in [-0.2, 0) is 14.8 Å². The molecule has 1 amide bonds. The van der Waals surface area contributed by atoms with Gasteiger partial charge in [0, 0.05) is 18.5 Å². The second-order valence-corrected chi connectivity index (χ2v) is 7.91. The van der Waals surface area contributed by atoms with E-state index in [0.29, 0.717) is 13.1 Å². The monoisotopic (exact) mass is 328 g/mol. The van der Waals surface area contributed by atoms with Crippen molar-refractivity contribution in [1.82, 2.24) is 4.31 Å². The van der Waals surface area contributed by atoms with Crippen molar-refractivity contribution in [3.05, 3.63) is 18.2 Å². The third kappa shape index (κ3) is 3.98. The van der Waals surface area contributed by atoms with Gasteiger partial charge in [-0.3, -0.25) is 4.79 Å². The molecule has 0 saturated carbocycles. The van der Waals surface area contributed by atoms with E-state index >= 15 is 0 Å². The van der Waals surface area contributed by atoms with Crippen LogP contribution >= 0.6 is 0 Å². The van der Waals surface area contributed by atoms with Crippen molar-refractivity contribution >= 4 is 21.6 Å². The summed E-state index contributed by atoms with van der Waals surface area (Å²) in [5.41, 5.74) is -0.562. The summed E-state index contributed by atoms with van der Waals surface area (Å²) in [7, 11) is -3.64. The number of benzene rings is 1. The van der Waals surface area contributed by atoms with Crippen molar-refractivity contribution in [2.24, 2.45) is 5.41 Å². The van der Waals surface area contributed by atoms with E-state index in [-0.39, 0.29) is 22.2 Å². The van der Waals surface area contributed by atoms with E-state index in [1.165, 1.54) is 22.5 Å². The number of hydrogen-bond acceptors (Lipinski definition) is 4. The number of anilines is 1. The van der Waals surface area contributed by atoms with Crippen molar-refractivity contribution in [1.29, 1.82) is 0 Å². The predicted molar refractivity (Wildman–Crippen MR) is 86.3 cm³/mol. The molecule has 0 aliphatic rings. The molecule has 22 heavy (non-hydrogen) atoms. The van der Waals surface area contributed by atoms with Crippen LogP contribution in [0.2, 0.25) is 0 Å². The molecule has 124 valence electrons. The SMILES string of the molecule is CCN(CC)S(=O)(=O)c1ccc(O)c(NC(=O)C(C)(C)C)c1. The Bertz CT molecular complexity index is 644. The maximum absolute atomic E-state index is 12.5. The molecule has 1 aromatic rings. The minimum atomic E-state index is -3.64. The molecule has 0 saturated heterocycles. The third-order valence-corrected chi connectivity index (χ3v) is 5.29. The van der Waals surface area contributed by atoms with Gasteiger partial charge in [-0.05, 0) is 18.2 Å². The molecule has 0 fully saturated rings. The van der Waals surface area contributed by atoms with Crippen LogP contribution in [0, 0.1) is 5.41 Å². The first-order valence-corrected chi connectivity index (χ1v) is 8.62. The Morgan fingerprint density at radius 1 is 1.23 bits per heavy atom. The first-order valence-electron chi connectivity index (χ1n) is 7.18. The van der Waals surface area contributed by atoms with Crippen molar-refractivity contribution in [3.8, 4) is 5.75 Å². The Balaban J connectivity index is 3.23. The standard InChI is InChI=1S/C15H24N2O4S/c1-6-17(7-2)22(20,21)11-8-9-13(18)12(10-11)16-14(19)15(3,4)5/h8-10,18H,6-7H2,1-5H3,(H,16,19). The largest absolute Gasteiger partial charge is 0.506 e. The predicted octanol–water partition coefficient (Wildman–Crippen LogP) is 2.41. The number of carbonyl (C=O) groups excluding carboxylic acids is 1. The molecule has 6 nitrogen and oxygen atoms in total. The first-order chi connectivity index (χ1) is 10.0. The maximum atomic E-state index is 12.5. The highest BCUT2D eigenvalue weighted by Gasteiger charge is 2.25. The highest BCUT2D eigenvalue weighted by molar-refractivity contribution is 7.89. The van der Waals surface area contributed by atoms with Gasteiger partial charge < -0.3 is 10.4 Å². The smallest absolute Gasteiger partial charge is 0.243 e. The average Bonchev–Trinajstić information content (AvgIpc) is 2.40. The Labute approximate surface area is 132 Å². The molecule has 0 aromatic heterocycles. The zero-order valence-electron chi connectivity index (χ0n) is 13.7. The minimum Gasteiger partial charge on any atom is -0.506 e. The first kappa shape index (κ1) is 18.4. The number of hydrogen-bond donors (Lipinski definition) is 2. The molecule has 0 radical (unpaired) electrons. The molecular formula is C15H24N2O4S. The lowest BCUT2D eigenvalue weighted by molar-refractivity contribution is -0.123. The maximum Gasteiger partial charge on any atom is 0.243 e. The highest BCUT2D eigenvalue weighted by atomic mass is 32.2. The van der Waals surface area contributed by atoms with Gasteiger partial charge in [0.25, 0.3) is 0 Å². The third-order valence-electron chi connectivity index (χ3n) is 3.24. The van der Waals surface area contributed by atoms with E-state index in [2.05, 4.69) is 5.32 Å². The number of phenols is 1. The number of sulfonamides is 1. The lowest BCUT2D eigenvalue weighted by Gasteiger charge is -2.21. The van der Waals surface area contributed by atoms with Gasteiger partial charge in [-0.15, -0.1) is 0 Å². The fraction of sp³-hybridized carbons (Fsp3) is 0.533. The molecule has 0 bridgehead atoms. The molecule has 1 aromatic carbocycles. The second kappa shape index (κ2) is 6.66. The van der Waals surface area contributed by atoms with Crippen LogP contribution in [0.15, 0.2) is 23.1 Å². The normalized spacial score (nSPS) is 12.5. The van der Waals surface area contributed by atoms with Crippen molar-refractivity contribution in [2.45, 2.75) is 39.5 Å². The van der Waals surface area contributed by atoms with Crippen LogP contribution in [0.5, 0.6) is 5.75 Å². The quantitative estimate of drug-likeness (QED) is 0.813. The summed E-state index contributed by atoms with van der Waals surface area (Å²) in [5, 5.41) is 12.4.